The van der Waals surface area contributed by atoms with Gasteiger partial charge in [-0.1, -0.05) is 6.07 Å². The number of rotatable bonds is 4. The normalized spacial score (nSPS) is 11.2. The van der Waals surface area contributed by atoms with Crippen LogP contribution in [0.5, 0.6) is 0 Å². The second-order valence-corrected chi connectivity index (χ2v) is 7.74. The first-order valence-electron chi connectivity index (χ1n) is 6.08. The summed E-state index contributed by atoms with van der Waals surface area (Å²) in [6.07, 6.45) is 0. The van der Waals surface area contributed by atoms with Crippen LogP contribution in [0.15, 0.2) is 21.7 Å². The smallest absolute Gasteiger partial charge is 0.152 e. The molecule has 0 aliphatic carbocycles. The third-order valence-corrected chi connectivity index (χ3v) is 6.28. The van der Waals surface area contributed by atoms with Crippen LogP contribution in [0, 0.1) is 13.8 Å². The molecule has 0 saturated carbocycles. The van der Waals surface area contributed by atoms with E-state index >= 15 is 0 Å². The molecule has 0 spiro atoms. The number of anilines is 1. The van der Waals surface area contributed by atoms with E-state index in [0.29, 0.717) is 0 Å². The molecule has 0 radical (unpaired) electrons. The second-order valence-electron chi connectivity index (χ2n) is 4.32. The molecule has 3 rings (SSSR count). The Hall–Kier alpha value is -1.15. The summed E-state index contributed by atoms with van der Waals surface area (Å²) in [6, 6.07) is 4.16. The van der Waals surface area contributed by atoms with Crippen molar-refractivity contribution in [3.63, 3.8) is 0 Å². The highest BCUT2D eigenvalue weighted by Crippen LogP contribution is 2.34. The molecular weight excluding hydrogens is 308 g/mol. The minimum Gasteiger partial charge on any atom is -0.308 e. The lowest BCUT2D eigenvalue weighted by atomic mass is 10.2. The Morgan fingerprint density at radius 2 is 2.20 bits per heavy atom. The van der Waals surface area contributed by atoms with Gasteiger partial charge in [0, 0.05) is 4.88 Å². The van der Waals surface area contributed by atoms with E-state index in [-0.39, 0.29) is 0 Å². The van der Waals surface area contributed by atoms with Gasteiger partial charge in [0.1, 0.15) is 10.7 Å². The summed E-state index contributed by atoms with van der Waals surface area (Å²) in [7, 11) is 0. The number of aryl methyl sites for hydroxylation is 2. The van der Waals surface area contributed by atoms with Crippen molar-refractivity contribution >= 4 is 50.5 Å². The fraction of sp³-hybridized carbons (Fsp3) is 0.231. The Balaban J connectivity index is 1.96. The molecule has 104 valence electrons. The molecule has 7 heteroatoms. The van der Waals surface area contributed by atoms with Crippen LogP contribution in [0.3, 0.4) is 0 Å². The number of nitrogens with two attached hydrogens (primary N) is 1. The van der Waals surface area contributed by atoms with Gasteiger partial charge in [-0.05, 0) is 30.9 Å². The predicted molar refractivity (Wildman–Crippen MR) is 88.6 cm³/mol. The van der Waals surface area contributed by atoms with Gasteiger partial charge in [-0.3, -0.25) is 0 Å². The number of thioether (sulfide) groups is 1. The molecule has 3 N–H and O–H groups in total. The maximum atomic E-state index is 5.61. The number of aromatic nitrogens is 2. The molecule has 0 atom stereocenters. The highest BCUT2D eigenvalue weighted by atomic mass is 32.2. The Morgan fingerprint density at radius 1 is 1.35 bits per heavy atom. The fourth-order valence-electron chi connectivity index (χ4n) is 1.94. The summed E-state index contributed by atoms with van der Waals surface area (Å²) in [5.74, 6) is 7.90. The zero-order valence-electron chi connectivity index (χ0n) is 11.1. The highest BCUT2D eigenvalue weighted by Gasteiger charge is 2.14. The first-order chi connectivity index (χ1) is 9.69. The van der Waals surface area contributed by atoms with Gasteiger partial charge in [0.05, 0.1) is 15.3 Å². The predicted octanol–water partition coefficient (Wildman–Crippen LogP) is 3.95. The van der Waals surface area contributed by atoms with Gasteiger partial charge in [-0.25, -0.2) is 15.8 Å². The summed E-state index contributed by atoms with van der Waals surface area (Å²) in [5.41, 5.74) is 3.91. The van der Waals surface area contributed by atoms with Gasteiger partial charge in [0.2, 0.25) is 0 Å². The van der Waals surface area contributed by atoms with E-state index < -0.39 is 0 Å². The number of hydrazine groups is 1. The van der Waals surface area contributed by atoms with E-state index in [2.05, 4.69) is 46.8 Å². The maximum Gasteiger partial charge on any atom is 0.152 e. The van der Waals surface area contributed by atoms with Crippen LogP contribution < -0.4 is 11.3 Å². The molecule has 0 unspecified atom stereocenters. The Labute approximate surface area is 129 Å². The van der Waals surface area contributed by atoms with Crippen LogP contribution in [0.2, 0.25) is 0 Å². The minimum atomic E-state index is 0.721. The van der Waals surface area contributed by atoms with Gasteiger partial charge < -0.3 is 5.43 Å². The molecule has 0 amide bonds. The number of hydrogen-bond acceptors (Lipinski definition) is 7. The monoisotopic (exact) mass is 322 g/mol. The molecule has 0 aliphatic heterocycles. The molecule has 0 saturated heterocycles. The molecule has 4 nitrogen and oxygen atoms in total. The number of nitrogens with one attached hydrogen (secondary N) is 1. The molecule has 3 heterocycles. The topological polar surface area (TPSA) is 63.8 Å². The molecule has 0 aromatic carbocycles. The average molecular weight is 322 g/mol. The van der Waals surface area contributed by atoms with Crippen molar-refractivity contribution in [2.75, 3.05) is 5.43 Å². The molecule has 3 aromatic rings. The van der Waals surface area contributed by atoms with Crippen LogP contribution in [-0.2, 0) is 5.75 Å². The molecule has 0 bridgehead atoms. The first-order valence-corrected chi connectivity index (χ1v) is 8.76. The third kappa shape index (κ3) is 2.54. The lowest BCUT2D eigenvalue weighted by Crippen LogP contribution is -2.10. The molecule has 20 heavy (non-hydrogen) atoms. The van der Waals surface area contributed by atoms with Gasteiger partial charge >= 0.3 is 0 Å². The van der Waals surface area contributed by atoms with Crippen LogP contribution in [0.1, 0.15) is 16.3 Å². The Morgan fingerprint density at radius 3 is 2.90 bits per heavy atom. The lowest BCUT2D eigenvalue weighted by Gasteiger charge is -2.05. The number of nitrogen functional groups attached to an aromatic ring is 1. The van der Waals surface area contributed by atoms with Crippen LogP contribution >= 0.6 is 34.4 Å². The van der Waals surface area contributed by atoms with Crippen molar-refractivity contribution in [1.82, 2.24) is 9.97 Å². The molecule has 0 fully saturated rings. The third-order valence-electron chi connectivity index (χ3n) is 3.05. The van der Waals surface area contributed by atoms with Crippen LogP contribution in [0.25, 0.3) is 10.2 Å². The summed E-state index contributed by atoms with van der Waals surface area (Å²) in [5, 5.41) is 3.12. The van der Waals surface area contributed by atoms with Crippen LogP contribution in [-0.4, -0.2) is 9.97 Å². The van der Waals surface area contributed by atoms with E-state index in [1.807, 2.05) is 0 Å². The average Bonchev–Trinajstić information content (AvgIpc) is 3.05. The van der Waals surface area contributed by atoms with Crippen molar-refractivity contribution < 1.29 is 0 Å². The molecule has 0 aliphatic rings. The summed E-state index contributed by atoms with van der Waals surface area (Å²) in [6.45, 7) is 4.18. The van der Waals surface area contributed by atoms with Crippen molar-refractivity contribution in [3.05, 3.63) is 33.8 Å². The molecule has 3 aromatic heterocycles. The number of hydrogen-bond donors (Lipinski definition) is 2. The Kier molecular flexibility index (Phi) is 3.93. The van der Waals surface area contributed by atoms with Crippen molar-refractivity contribution in [1.29, 1.82) is 0 Å². The van der Waals surface area contributed by atoms with E-state index in [1.54, 1.807) is 34.4 Å². The van der Waals surface area contributed by atoms with Crippen molar-refractivity contribution in [2.45, 2.75) is 23.8 Å². The molecular formula is C13H14N4S3. The van der Waals surface area contributed by atoms with Gasteiger partial charge in [0.25, 0.3) is 0 Å². The van der Waals surface area contributed by atoms with Crippen molar-refractivity contribution in [3.8, 4) is 0 Å². The Bertz CT molecular complexity index is 734. The second kappa shape index (κ2) is 5.69. The minimum absolute atomic E-state index is 0.721. The fourth-order valence-corrected chi connectivity index (χ4v) is 4.63. The lowest BCUT2D eigenvalue weighted by molar-refractivity contribution is 1.06. The first kappa shape index (κ1) is 13.8. The highest BCUT2D eigenvalue weighted by molar-refractivity contribution is 8.00. The van der Waals surface area contributed by atoms with E-state index in [0.717, 1.165) is 27.6 Å². The van der Waals surface area contributed by atoms with Crippen LogP contribution in [0.4, 0.5) is 5.82 Å². The van der Waals surface area contributed by atoms with Gasteiger partial charge in [-0.15, -0.1) is 34.4 Å². The van der Waals surface area contributed by atoms with E-state index in [1.165, 1.54) is 14.6 Å². The zero-order valence-corrected chi connectivity index (χ0v) is 13.6. The van der Waals surface area contributed by atoms with Crippen molar-refractivity contribution in [2.24, 2.45) is 5.84 Å². The number of fused-ring (bicyclic) bond motifs is 1. The summed E-state index contributed by atoms with van der Waals surface area (Å²) < 4.78 is 1.27. The number of thiophene rings is 2. The largest absolute Gasteiger partial charge is 0.308 e. The quantitative estimate of drug-likeness (QED) is 0.432. The maximum absolute atomic E-state index is 5.61. The zero-order chi connectivity index (χ0) is 14.1. The summed E-state index contributed by atoms with van der Waals surface area (Å²) in [4.78, 5) is 11.5. The van der Waals surface area contributed by atoms with Gasteiger partial charge in [0.15, 0.2) is 5.82 Å². The summed E-state index contributed by atoms with van der Waals surface area (Å²) >= 11 is 5.17. The van der Waals surface area contributed by atoms with E-state index in [9.17, 15) is 0 Å². The standard InChI is InChI=1S/C13H14N4S3/c1-7-8(2)20-13-11(7)12(17-14)15-9(16-13)6-19-10-4-3-5-18-10/h3-5H,6,14H2,1-2H3,(H,15,16,17). The van der Waals surface area contributed by atoms with Gasteiger partial charge in [-0.2, -0.15) is 0 Å². The van der Waals surface area contributed by atoms with E-state index in [4.69, 9.17) is 5.84 Å². The number of nitrogens with zero attached hydrogens (tertiary/aromatic N) is 2. The SMILES string of the molecule is Cc1sc2nc(CSc3cccs3)nc(NN)c2c1C.